The summed E-state index contributed by atoms with van der Waals surface area (Å²) in [7, 11) is -1.78. The number of halogens is 1. The van der Waals surface area contributed by atoms with Crippen LogP contribution in [-0.2, 0) is 39.9 Å². The van der Waals surface area contributed by atoms with Crippen LogP contribution in [0.4, 0.5) is 0 Å². The Morgan fingerprint density at radius 1 is 0.276 bits per heavy atom. The van der Waals surface area contributed by atoms with Crippen LogP contribution in [0.15, 0.2) is 418 Å². The van der Waals surface area contributed by atoms with E-state index in [9.17, 15) is 0 Å². The minimum Gasteiger partial charge on any atom is -0.512 e. The van der Waals surface area contributed by atoms with E-state index in [2.05, 4.69) is 400 Å². The predicted molar refractivity (Wildman–Crippen MR) is 449 cm³/mol. The van der Waals surface area contributed by atoms with Crippen molar-refractivity contribution in [2.24, 2.45) is 0 Å². The Morgan fingerprint density at radius 2 is 0.448 bits per heavy atom. The van der Waals surface area contributed by atoms with Crippen molar-refractivity contribution in [1.82, 2.24) is 19.9 Å². The molecule has 16 aromatic rings. The van der Waals surface area contributed by atoms with Crippen molar-refractivity contribution in [3.63, 3.8) is 0 Å². The number of nitrogens with one attached hydrogen (secondary N) is 2. The summed E-state index contributed by atoms with van der Waals surface area (Å²) in [6.07, 6.45) is 7.01. The molecule has 16 rings (SSSR count). The van der Waals surface area contributed by atoms with Gasteiger partial charge in [0.1, 0.15) is 17.4 Å². The maximum atomic E-state index is 8.53. The molecule has 0 aliphatic carbocycles. The molecule has 0 aliphatic rings. The molecule has 12 aromatic carbocycles. The van der Waals surface area contributed by atoms with Crippen molar-refractivity contribution >= 4 is 133 Å². The fraction of sp³-hybridized carbons (Fsp3) is 0.0220. The Hall–Kier alpha value is -10.0. The second-order valence-corrected chi connectivity index (χ2v) is 31.5. The summed E-state index contributed by atoms with van der Waals surface area (Å²) in [5, 5.41) is 39.9. The topological polar surface area (TPSA) is 129 Å². The molecule has 0 fully saturated rings. The predicted octanol–water partition coefficient (Wildman–Crippen LogP) is 19.0. The minimum atomic E-state index is -0.446. The number of fused-ring (bicyclic) bond motifs is 2. The van der Waals surface area contributed by atoms with E-state index in [1.54, 1.807) is 24.7 Å². The molecular weight excluding hydrogens is 1570 g/mol. The Labute approximate surface area is 660 Å². The molecule has 14 heteroatoms. The first-order chi connectivity index (χ1) is 50.1. The summed E-state index contributed by atoms with van der Waals surface area (Å²) in [5.74, 6) is 0. The average Bonchev–Trinajstić information content (AvgIpc) is 1.76. The quantitative estimate of drug-likeness (QED) is 0.0715. The van der Waals surface area contributed by atoms with E-state index in [4.69, 9.17) is 28.9 Å². The smallest absolute Gasteiger partial charge is 0.512 e. The SMILES string of the molecule is Brc1cnc2[nH]ccc2c1.C.C.N#Cc1cnc2[nH]ccc2c1.[C-]#N.[C-]#N.[Pd].[Zn+2].c1ccc(P(c2ccccc2)c2ccccc2)cc1.c1ccc(P(c2ccccc2)c2ccccc2)cc1.c1ccc(P(c2ccccc2)c2ccccc2)cc1.c1ccc(P(c2ccccc2)c2ccccc2)cc1. The van der Waals surface area contributed by atoms with Crippen molar-refractivity contribution in [2.45, 2.75) is 14.9 Å². The number of nitriles is 1. The van der Waals surface area contributed by atoms with E-state index >= 15 is 0 Å². The summed E-state index contributed by atoms with van der Waals surface area (Å²) in [4.78, 5) is 14.1. The molecule has 4 aromatic heterocycles. The van der Waals surface area contributed by atoms with Crippen molar-refractivity contribution in [3.8, 4) is 6.07 Å². The molecule has 2 N–H and O–H groups in total. The maximum Gasteiger partial charge on any atom is 2.00 e. The summed E-state index contributed by atoms with van der Waals surface area (Å²) in [6.45, 7) is 9.50. The second-order valence-electron chi connectivity index (χ2n) is 21.7. The second kappa shape index (κ2) is 48.8. The zero-order valence-corrected chi connectivity index (χ0v) is 65.9. The van der Waals surface area contributed by atoms with Crippen LogP contribution in [0.25, 0.3) is 22.1 Å². The number of hydrogen-bond donors (Lipinski definition) is 2. The number of aromatic amines is 2. The van der Waals surface area contributed by atoms with Gasteiger partial charge in [0.25, 0.3) is 0 Å². The molecule has 0 radical (unpaired) electrons. The average molecular weight is 1650 g/mol. The number of nitrogens with zero attached hydrogens (tertiary/aromatic N) is 5. The van der Waals surface area contributed by atoms with Gasteiger partial charge in [0, 0.05) is 60.5 Å². The molecule has 516 valence electrons. The van der Waals surface area contributed by atoms with Crippen molar-refractivity contribution in [1.29, 1.82) is 15.8 Å². The van der Waals surface area contributed by atoms with Crippen LogP contribution < -0.4 is 63.7 Å². The summed E-state index contributed by atoms with van der Waals surface area (Å²) in [6, 6.07) is 139. The van der Waals surface area contributed by atoms with Crippen LogP contribution >= 0.6 is 47.6 Å². The first-order valence-corrected chi connectivity index (χ1v) is 38.4. The van der Waals surface area contributed by atoms with Crippen LogP contribution in [0.5, 0.6) is 0 Å². The number of rotatable bonds is 12. The summed E-state index contributed by atoms with van der Waals surface area (Å²) in [5.41, 5.74) is 2.35. The normalized spacial score (nSPS) is 9.71. The van der Waals surface area contributed by atoms with E-state index in [1.807, 2.05) is 30.5 Å². The fourth-order valence-electron chi connectivity index (χ4n) is 10.6. The molecule has 0 saturated heterocycles. The molecule has 105 heavy (non-hydrogen) atoms. The van der Waals surface area contributed by atoms with Crippen LogP contribution in [0, 0.1) is 35.0 Å². The molecule has 0 spiro atoms. The number of benzene rings is 12. The van der Waals surface area contributed by atoms with Gasteiger partial charge in [-0.1, -0.05) is 379 Å². The number of pyridine rings is 2. The molecule has 0 bridgehead atoms. The van der Waals surface area contributed by atoms with Crippen molar-refractivity contribution < 1.29 is 39.9 Å². The van der Waals surface area contributed by atoms with Gasteiger partial charge in [0.2, 0.25) is 0 Å². The molecule has 0 atom stereocenters. The Kier molecular flexibility index (Phi) is 39.8. The third-order valence-corrected chi connectivity index (χ3v) is 25.3. The third-order valence-electron chi connectivity index (χ3n) is 15.1. The van der Waals surface area contributed by atoms with E-state index < -0.39 is 31.7 Å². The molecule has 7 nitrogen and oxygen atoms in total. The van der Waals surface area contributed by atoms with Gasteiger partial charge in [-0.25, -0.2) is 9.97 Å². The largest absolute Gasteiger partial charge is 2.00 e. The molecule has 4 heterocycles. The van der Waals surface area contributed by atoms with Gasteiger partial charge in [-0.3, -0.25) is 0 Å². The van der Waals surface area contributed by atoms with Crippen molar-refractivity contribution in [2.75, 3.05) is 0 Å². The van der Waals surface area contributed by atoms with Gasteiger partial charge in [-0.05, 0) is 136 Å². The molecule has 0 saturated carbocycles. The monoisotopic (exact) mass is 1640 g/mol. The summed E-state index contributed by atoms with van der Waals surface area (Å²) >= 11 is 3.34. The molecule has 0 amide bonds. The molecule has 0 unspecified atom stereocenters. The molecular formula is C91H78BrN7P4PdZn. The van der Waals surface area contributed by atoms with Crippen molar-refractivity contribution in [3.05, 3.63) is 436 Å². The first kappa shape index (κ1) is 85.6. The zero-order valence-electron chi connectivity index (χ0n) is 56.2. The van der Waals surface area contributed by atoms with Gasteiger partial charge in [0.15, 0.2) is 0 Å². The number of aromatic nitrogens is 4. The van der Waals surface area contributed by atoms with Gasteiger partial charge >= 0.3 is 19.5 Å². The van der Waals surface area contributed by atoms with Crippen LogP contribution in [-0.4, -0.2) is 19.9 Å². The van der Waals surface area contributed by atoms with E-state index in [-0.39, 0.29) is 54.8 Å². The third kappa shape index (κ3) is 26.3. The standard InChI is InChI=1S/4C18H15P.C8H5N3.C7H5BrN2.2CN.2CH4.Pd.Zn/c4*1-4-10-16(11-5-1)19(17-12-6-2-7-13-17)18-14-8-3-9-15-18;9-4-6-3-7-1-2-10-8(7)11-5-6;8-6-3-5-1-2-9-7(5)10-4-6;2*1-2;;;;/h4*1-15H;1-3,5H,(H,10,11);1-4H,(H,9,10);;;2*1H4;;/q;;;;;;2*-1;;;;+2. The summed E-state index contributed by atoms with van der Waals surface area (Å²) < 4.78 is 1.01. The fourth-order valence-corrected chi connectivity index (χ4v) is 20.2. The van der Waals surface area contributed by atoms with Gasteiger partial charge in [-0.2, -0.15) is 5.26 Å². The first-order valence-electron chi connectivity index (χ1n) is 32.2. The number of H-pyrrole nitrogens is 2. The Balaban J connectivity index is 0.000000225. The van der Waals surface area contributed by atoms with Gasteiger partial charge < -0.3 is 33.6 Å². The number of hydrogen-bond acceptors (Lipinski definition) is 5. The van der Waals surface area contributed by atoms with Gasteiger partial charge in [0.05, 0.1) is 5.56 Å². The van der Waals surface area contributed by atoms with Crippen LogP contribution in [0.2, 0.25) is 0 Å². The molecule has 0 aliphatic heterocycles. The zero-order chi connectivity index (χ0) is 70.3. The van der Waals surface area contributed by atoms with E-state index in [0.29, 0.717) is 5.56 Å². The van der Waals surface area contributed by atoms with Crippen LogP contribution in [0.3, 0.4) is 0 Å². The van der Waals surface area contributed by atoms with E-state index in [0.717, 1.165) is 26.5 Å². The Morgan fingerprint density at radius 3 is 0.629 bits per heavy atom. The minimum absolute atomic E-state index is 0. The van der Waals surface area contributed by atoms with E-state index in [1.165, 1.54) is 63.7 Å². The Bertz CT molecular complexity index is 4150. The van der Waals surface area contributed by atoms with Gasteiger partial charge in [-0.15, -0.1) is 0 Å². The van der Waals surface area contributed by atoms with Crippen LogP contribution in [0.1, 0.15) is 20.4 Å². The maximum absolute atomic E-state index is 8.53.